The largest absolute Gasteiger partial charge is 0.462 e. The summed E-state index contributed by atoms with van der Waals surface area (Å²) in [5, 5.41) is 15.7. The van der Waals surface area contributed by atoms with Crippen LogP contribution in [0.5, 0.6) is 0 Å². The van der Waals surface area contributed by atoms with Crippen LogP contribution in [0.1, 0.15) is 67.7 Å². The summed E-state index contributed by atoms with van der Waals surface area (Å²) < 4.78 is 11.4. The molecule has 0 unspecified atom stereocenters. The highest BCUT2D eigenvalue weighted by Gasteiger charge is 2.34. The highest BCUT2D eigenvalue weighted by atomic mass is 16.6. The average molecular weight is 722 g/mol. The summed E-state index contributed by atoms with van der Waals surface area (Å²) in [4.78, 5) is 55.2. The van der Waals surface area contributed by atoms with Gasteiger partial charge in [-0.2, -0.15) is 0 Å². The number of aliphatic hydroxyl groups is 1. The van der Waals surface area contributed by atoms with Gasteiger partial charge in [0.15, 0.2) is 0 Å². The van der Waals surface area contributed by atoms with Gasteiger partial charge in [0.2, 0.25) is 11.8 Å². The summed E-state index contributed by atoms with van der Waals surface area (Å²) in [7, 11) is 0. The van der Waals surface area contributed by atoms with Gasteiger partial charge < -0.3 is 30.1 Å². The Bertz CT molecular complexity index is 1740. The van der Waals surface area contributed by atoms with Crippen molar-refractivity contribution < 1.29 is 33.8 Å². The van der Waals surface area contributed by atoms with E-state index in [4.69, 9.17) is 9.47 Å². The number of amides is 3. The van der Waals surface area contributed by atoms with E-state index >= 15 is 0 Å². The van der Waals surface area contributed by atoms with E-state index in [1.165, 1.54) is 0 Å². The summed E-state index contributed by atoms with van der Waals surface area (Å²) in [6.45, 7) is 11.5. The minimum atomic E-state index is -0.993. The van der Waals surface area contributed by atoms with Crippen molar-refractivity contribution in [3.8, 4) is 11.1 Å². The van der Waals surface area contributed by atoms with E-state index in [-0.39, 0.29) is 68.8 Å². The van der Waals surface area contributed by atoms with Gasteiger partial charge in [0.05, 0.1) is 24.6 Å². The van der Waals surface area contributed by atoms with Crippen molar-refractivity contribution >= 4 is 23.9 Å². The highest BCUT2D eigenvalue weighted by Crippen LogP contribution is 2.44. The molecule has 0 saturated carbocycles. The summed E-state index contributed by atoms with van der Waals surface area (Å²) in [6.07, 6.45) is 3.99. The molecule has 10 heteroatoms. The lowest BCUT2D eigenvalue weighted by Gasteiger charge is -2.36. The zero-order chi connectivity index (χ0) is 37.9. The van der Waals surface area contributed by atoms with Gasteiger partial charge >= 0.3 is 12.1 Å². The quantitative estimate of drug-likeness (QED) is 0.114. The molecule has 5 rings (SSSR count). The van der Waals surface area contributed by atoms with Crippen LogP contribution < -0.4 is 10.6 Å². The van der Waals surface area contributed by atoms with Crippen LogP contribution in [0.4, 0.5) is 4.79 Å². The number of carbonyl (C=O) groups is 4. The number of allylic oxidation sites excluding steroid dienone is 2. The first-order valence-corrected chi connectivity index (χ1v) is 18.4. The zero-order valence-electron chi connectivity index (χ0n) is 30.7. The minimum Gasteiger partial charge on any atom is -0.462 e. The number of carbonyl (C=O) groups excluding carboxylic acids is 4. The first-order chi connectivity index (χ1) is 25.6. The third-order valence-electron chi connectivity index (χ3n) is 10.2. The van der Waals surface area contributed by atoms with Crippen LogP contribution in [0.15, 0.2) is 98.1 Å². The van der Waals surface area contributed by atoms with E-state index in [0.717, 1.165) is 33.4 Å². The Morgan fingerprint density at radius 2 is 1.53 bits per heavy atom. The molecular formula is C43H51N3O7. The van der Waals surface area contributed by atoms with E-state index in [2.05, 4.69) is 35.9 Å². The van der Waals surface area contributed by atoms with Gasteiger partial charge in [0.1, 0.15) is 19.3 Å². The molecular weight excluding hydrogens is 670 g/mol. The molecule has 0 saturated heterocycles. The lowest BCUT2D eigenvalue weighted by molar-refractivity contribution is -0.148. The molecule has 0 radical (unpaired) electrons. The van der Waals surface area contributed by atoms with Crippen molar-refractivity contribution in [2.75, 3.05) is 19.8 Å². The zero-order valence-corrected chi connectivity index (χ0v) is 30.7. The SMILES string of the molecule is C=CCC[C@H](NC(=O)OCC1c2ccccc2-c2ccccc21)C(=O)OC[C@@H](NC(=O)[C@@H](CC=C)CC(=O)N1Cc2ccccc2C[C@H]1CO)C(C)C. The predicted octanol–water partition coefficient (Wildman–Crippen LogP) is 6.07. The van der Waals surface area contributed by atoms with E-state index in [1.807, 2.05) is 74.5 Å². The summed E-state index contributed by atoms with van der Waals surface area (Å²) >= 11 is 0. The smallest absolute Gasteiger partial charge is 0.407 e. The first-order valence-electron chi connectivity index (χ1n) is 18.4. The summed E-state index contributed by atoms with van der Waals surface area (Å²) in [5.74, 6) is -2.19. The second-order valence-corrected chi connectivity index (χ2v) is 14.1. The number of nitrogens with one attached hydrogen (secondary N) is 2. The number of benzene rings is 3. The molecule has 0 aromatic heterocycles. The van der Waals surface area contributed by atoms with Crippen LogP contribution in [0, 0.1) is 11.8 Å². The molecule has 0 fully saturated rings. The van der Waals surface area contributed by atoms with Crippen molar-refractivity contribution in [2.24, 2.45) is 11.8 Å². The van der Waals surface area contributed by atoms with E-state index in [1.54, 1.807) is 17.1 Å². The molecule has 3 amide bonds. The van der Waals surface area contributed by atoms with Crippen LogP contribution in [-0.2, 0) is 36.8 Å². The number of nitrogens with zero attached hydrogens (tertiary/aromatic N) is 1. The van der Waals surface area contributed by atoms with E-state index < -0.39 is 30.1 Å². The van der Waals surface area contributed by atoms with Crippen molar-refractivity contribution in [1.29, 1.82) is 0 Å². The van der Waals surface area contributed by atoms with Crippen LogP contribution in [-0.4, -0.2) is 71.8 Å². The Labute approximate surface area is 312 Å². The Kier molecular flexibility index (Phi) is 13.6. The lowest BCUT2D eigenvalue weighted by atomic mass is 9.92. The number of fused-ring (bicyclic) bond motifs is 4. The predicted molar refractivity (Wildman–Crippen MR) is 204 cm³/mol. The number of ether oxygens (including phenoxy) is 2. The number of aliphatic hydroxyl groups excluding tert-OH is 1. The van der Waals surface area contributed by atoms with Gasteiger partial charge in [-0.3, -0.25) is 9.59 Å². The Hall–Kier alpha value is -5.22. The standard InChI is InChI=1S/C43H51N3O7/c1-5-7-21-38(45-43(51)53-26-37-35-19-12-10-17-33(35)34-18-11-13-20-36(34)37)42(50)52-27-39(28(3)4)44-41(49)30(14-6-2)23-40(48)46-24-31-16-9-8-15-29(31)22-32(46)25-47/h5-6,8-13,15-20,28,30,32,37-39,47H,1-2,7,14,21-27H2,3-4H3,(H,44,49)(H,45,51)/t30-,32-,38-,39+/m0/s1. The third kappa shape index (κ3) is 9.61. The second kappa shape index (κ2) is 18.5. The molecule has 10 nitrogen and oxygen atoms in total. The molecule has 0 bridgehead atoms. The van der Waals surface area contributed by atoms with Crippen molar-refractivity contribution in [3.63, 3.8) is 0 Å². The number of alkyl carbamates (subject to hydrolysis) is 1. The van der Waals surface area contributed by atoms with Gasteiger partial charge in [-0.25, -0.2) is 9.59 Å². The maximum atomic E-state index is 13.6. The fourth-order valence-electron chi connectivity index (χ4n) is 7.14. The first kappa shape index (κ1) is 39.0. The van der Waals surface area contributed by atoms with E-state index in [0.29, 0.717) is 19.4 Å². The van der Waals surface area contributed by atoms with Gasteiger partial charge in [-0.1, -0.05) is 98.8 Å². The lowest BCUT2D eigenvalue weighted by Crippen LogP contribution is -2.49. The normalized spacial score (nSPS) is 16.3. The number of hydrogen-bond donors (Lipinski definition) is 3. The number of esters is 1. The van der Waals surface area contributed by atoms with Crippen LogP contribution in [0.2, 0.25) is 0 Å². The van der Waals surface area contributed by atoms with Crippen molar-refractivity contribution in [3.05, 3.63) is 120 Å². The fourth-order valence-corrected chi connectivity index (χ4v) is 7.14. The monoisotopic (exact) mass is 721 g/mol. The summed E-state index contributed by atoms with van der Waals surface area (Å²) in [5.41, 5.74) is 6.51. The molecule has 280 valence electrons. The number of hydrogen-bond acceptors (Lipinski definition) is 7. The van der Waals surface area contributed by atoms with Crippen LogP contribution in [0.3, 0.4) is 0 Å². The fraction of sp³-hybridized carbons (Fsp3) is 0.395. The molecule has 3 aromatic carbocycles. The molecule has 1 heterocycles. The number of rotatable bonds is 17. The summed E-state index contributed by atoms with van der Waals surface area (Å²) in [6, 6.07) is 22.0. The molecule has 3 aromatic rings. The average Bonchev–Trinajstić information content (AvgIpc) is 3.49. The molecule has 1 aliphatic carbocycles. The van der Waals surface area contributed by atoms with Gasteiger partial charge in [-0.05, 0) is 65.0 Å². The van der Waals surface area contributed by atoms with Crippen LogP contribution >= 0.6 is 0 Å². The van der Waals surface area contributed by atoms with Gasteiger partial charge in [0.25, 0.3) is 0 Å². The highest BCUT2D eigenvalue weighted by molar-refractivity contribution is 5.87. The molecule has 3 N–H and O–H groups in total. The second-order valence-electron chi connectivity index (χ2n) is 14.1. The molecule has 2 aliphatic rings. The maximum Gasteiger partial charge on any atom is 0.407 e. The van der Waals surface area contributed by atoms with Gasteiger partial charge in [-0.15, -0.1) is 13.2 Å². The Balaban J connectivity index is 1.16. The minimum absolute atomic E-state index is 0.0607. The van der Waals surface area contributed by atoms with Crippen molar-refractivity contribution in [1.82, 2.24) is 15.5 Å². The topological polar surface area (TPSA) is 134 Å². The maximum absolute atomic E-state index is 13.6. The molecule has 4 atom stereocenters. The van der Waals surface area contributed by atoms with Crippen LogP contribution in [0.25, 0.3) is 11.1 Å². The molecule has 1 aliphatic heterocycles. The Morgan fingerprint density at radius 3 is 2.15 bits per heavy atom. The molecule has 53 heavy (non-hydrogen) atoms. The third-order valence-corrected chi connectivity index (χ3v) is 10.2. The molecule has 0 spiro atoms. The van der Waals surface area contributed by atoms with E-state index in [9.17, 15) is 24.3 Å². The van der Waals surface area contributed by atoms with Crippen molar-refractivity contribution in [2.45, 2.75) is 76.5 Å². The van der Waals surface area contributed by atoms with Gasteiger partial charge in [0, 0.05) is 18.9 Å². The Morgan fingerprint density at radius 1 is 0.887 bits per heavy atom.